The molecule has 2 amide bonds. The minimum absolute atomic E-state index is 0.0403. The van der Waals surface area contributed by atoms with Crippen molar-refractivity contribution in [2.45, 2.75) is 38.5 Å². The normalized spacial score (nSPS) is 13.9. The van der Waals surface area contributed by atoms with Crippen molar-refractivity contribution in [1.82, 2.24) is 34.9 Å². The number of hydrogen-bond acceptors (Lipinski definition) is 12. The van der Waals surface area contributed by atoms with E-state index >= 15 is 0 Å². The number of anilines is 2. The van der Waals surface area contributed by atoms with E-state index < -0.39 is 9.84 Å². The van der Waals surface area contributed by atoms with Crippen LogP contribution in [-0.2, 0) is 27.5 Å². The smallest absolute Gasteiger partial charge is 0.281 e. The number of aromatic amines is 2. The Hall–Kier alpha value is -5.84. The van der Waals surface area contributed by atoms with Gasteiger partial charge in [0, 0.05) is 38.2 Å². The van der Waals surface area contributed by atoms with Gasteiger partial charge in [0.15, 0.2) is 23.7 Å². The van der Waals surface area contributed by atoms with Crippen LogP contribution in [0.3, 0.4) is 0 Å². The number of nitrogens with one attached hydrogen (secondary N) is 2. The summed E-state index contributed by atoms with van der Waals surface area (Å²) in [5, 5.41) is 0. The number of carbonyl (C=O) groups excluding carboxylic acids is 2. The predicted molar refractivity (Wildman–Crippen MR) is 182 cm³/mol. The summed E-state index contributed by atoms with van der Waals surface area (Å²) >= 11 is 0. The first-order valence-electron chi connectivity index (χ1n) is 15.9. The first-order valence-corrected chi connectivity index (χ1v) is 17.9. The number of H-pyrrole nitrogens is 2. The summed E-state index contributed by atoms with van der Waals surface area (Å²) in [6, 6.07) is 10.6. The van der Waals surface area contributed by atoms with Crippen LogP contribution in [0.15, 0.2) is 75.5 Å². The highest BCUT2D eigenvalue weighted by Crippen LogP contribution is 2.27. The second-order valence-corrected chi connectivity index (χ2v) is 13.9. The second-order valence-electron chi connectivity index (χ2n) is 11.7. The first kappa shape index (κ1) is 34.0. The van der Waals surface area contributed by atoms with Gasteiger partial charge in [-0.1, -0.05) is 12.1 Å². The molecule has 50 heavy (non-hydrogen) atoms. The molecule has 0 aliphatic carbocycles. The monoisotopic (exact) mass is 699 g/mol. The average Bonchev–Trinajstić information content (AvgIpc) is 3.67. The number of nitrogens with zero attached hydrogens (tertiary/aromatic N) is 7. The fraction of sp³-hybridized carbons (Fsp3) is 0.303. The number of fused-ring (bicyclic) bond motifs is 2. The molecule has 0 aromatic carbocycles. The van der Waals surface area contributed by atoms with Crippen LogP contribution in [0.4, 0.5) is 11.6 Å². The number of pyridine rings is 2. The van der Waals surface area contributed by atoms with Crippen LogP contribution in [0.2, 0.25) is 0 Å². The Balaban J connectivity index is 0.000000173. The van der Waals surface area contributed by atoms with Crippen molar-refractivity contribution in [2.75, 3.05) is 34.9 Å². The summed E-state index contributed by atoms with van der Waals surface area (Å²) in [5.41, 5.74) is 1.69. The summed E-state index contributed by atoms with van der Waals surface area (Å²) in [5.74, 6) is 0.754. The zero-order chi connectivity index (χ0) is 35.3. The minimum Gasteiger partial charge on any atom is -0.451 e. The molecule has 2 aliphatic heterocycles. The summed E-state index contributed by atoms with van der Waals surface area (Å²) < 4.78 is 27.4. The molecule has 0 saturated heterocycles. The zero-order valence-electron chi connectivity index (χ0n) is 27.0. The van der Waals surface area contributed by atoms with E-state index in [-0.39, 0.29) is 47.2 Å². The van der Waals surface area contributed by atoms with Crippen molar-refractivity contribution >= 4 is 33.3 Å². The third kappa shape index (κ3) is 7.72. The van der Waals surface area contributed by atoms with Crippen molar-refractivity contribution in [1.29, 1.82) is 0 Å². The maximum atomic E-state index is 12.6. The van der Waals surface area contributed by atoms with Gasteiger partial charge in [0.25, 0.3) is 17.0 Å². The highest BCUT2D eigenvalue weighted by Gasteiger charge is 2.30. The zero-order valence-corrected chi connectivity index (χ0v) is 27.9. The van der Waals surface area contributed by atoms with Gasteiger partial charge >= 0.3 is 0 Å². The number of sulfone groups is 1. The standard InChI is InChI=1S/C17H20N4O4S.C16H13N5O3/c1-26(24,25)11-5-8-14(22)21-10-4-6-12-16(21)19-15(20-17(12)23)13-7-2-3-9-18-13;22-15-10-4-3-7-21(16(23)12-8-24-9-18-12)14(10)19-13(20-15)11-5-1-2-6-17-11/h2-3,7,9H,4-6,8,10-11H2,1H3,(H,19,20,23);1-2,5-6,8-9H,3-4,7H2,(H,19,20,22). The molecule has 0 spiro atoms. The minimum atomic E-state index is -3.11. The Morgan fingerprint density at radius 1 is 0.820 bits per heavy atom. The lowest BCUT2D eigenvalue weighted by Crippen LogP contribution is -2.39. The number of rotatable bonds is 7. The Morgan fingerprint density at radius 3 is 1.88 bits per heavy atom. The van der Waals surface area contributed by atoms with Gasteiger partial charge in [-0.2, -0.15) is 0 Å². The molecular formula is C33H33N9O7S. The third-order valence-corrected chi connectivity index (χ3v) is 9.06. The van der Waals surface area contributed by atoms with Gasteiger partial charge in [-0.05, 0) is 56.4 Å². The fourth-order valence-corrected chi connectivity index (χ4v) is 6.34. The van der Waals surface area contributed by atoms with Gasteiger partial charge < -0.3 is 14.4 Å². The Labute approximate surface area is 285 Å². The van der Waals surface area contributed by atoms with Gasteiger partial charge in [-0.3, -0.25) is 38.9 Å². The van der Waals surface area contributed by atoms with Gasteiger partial charge in [-0.25, -0.2) is 23.4 Å². The van der Waals surface area contributed by atoms with Crippen molar-refractivity contribution in [3.8, 4) is 23.0 Å². The molecule has 2 aliphatic rings. The van der Waals surface area contributed by atoms with E-state index in [1.807, 2.05) is 0 Å². The van der Waals surface area contributed by atoms with Gasteiger partial charge in [0.2, 0.25) is 5.91 Å². The topological polar surface area (TPSA) is 218 Å². The Kier molecular flexibility index (Phi) is 10.0. The van der Waals surface area contributed by atoms with Crippen molar-refractivity contribution in [3.05, 3.63) is 99.0 Å². The van der Waals surface area contributed by atoms with E-state index in [9.17, 15) is 27.6 Å². The molecule has 0 radical (unpaired) electrons. The molecule has 2 N–H and O–H groups in total. The third-order valence-electron chi connectivity index (χ3n) is 8.03. The Bertz CT molecular complexity index is 2220. The second kappa shape index (κ2) is 14.7. The summed E-state index contributed by atoms with van der Waals surface area (Å²) in [6.07, 6.45) is 9.66. The largest absolute Gasteiger partial charge is 0.451 e. The molecule has 0 saturated carbocycles. The molecule has 7 rings (SSSR count). The Morgan fingerprint density at radius 2 is 1.38 bits per heavy atom. The average molecular weight is 700 g/mol. The molecule has 17 heteroatoms. The highest BCUT2D eigenvalue weighted by atomic mass is 32.2. The predicted octanol–water partition coefficient (Wildman–Crippen LogP) is 2.35. The number of amides is 2. The molecule has 0 unspecified atom stereocenters. The number of aromatic nitrogens is 7. The lowest BCUT2D eigenvalue weighted by atomic mass is 10.1. The quantitative estimate of drug-likeness (QED) is 0.250. The lowest BCUT2D eigenvalue weighted by Gasteiger charge is -2.28. The SMILES string of the molecule is CS(=O)(=O)CCCC(=O)N1CCCc2c1nc(-c1ccccn1)[nH]c2=O.O=C(c1cocn1)N1CCCc2c1nc(-c1ccccn1)[nH]c2=O. The van der Waals surface area contributed by atoms with Crippen LogP contribution in [0, 0.1) is 0 Å². The van der Waals surface area contributed by atoms with Crippen LogP contribution < -0.4 is 20.9 Å². The molecule has 5 aromatic heterocycles. The van der Waals surface area contributed by atoms with E-state index in [0.29, 0.717) is 84.6 Å². The molecule has 5 aromatic rings. The molecular weight excluding hydrogens is 666 g/mol. The van der Waals surface area contributed by atoms with E-state index in [1.54, 1.807) is 48.8 Å². The molecule has 16 nitrogen and oxygen atoms in total. The number of carbonyl (C=O) groups is 2. The fourth-order valence-electron chi connectivity index (χ4n) is 5.67. The van der Waals surface area contributed by atoms with Gasteiger partial charge in [0.05, 0.1) is 16.9 Å². The maximum absolute atomic E-state index is 12.6. The van der Waals surface area contributed by atoms with Crippen LogP contribution in [0.25, 0.3) is 23.0 Å². The van der Waals surface area contributed by atoms with E-state index in [0.717, 1.165) is 6.26 Å². The number of hydrogen-bond donors (Lipinski definition) is 2. The molecule has 0 atom stereocenters. The van der Waals surface area contributed by atoms with E-state index in [1.165, 1.54) is 22.5 Å². The van der Waals surface area contributed by atoms with Crippen LogP contribution in [-0.4, -0.2) is 80.2 Å². The van der Waals surface area contributed by atoms with Crippen molar-refractivity contribution in [2.24, 2.45) is 0 Å². The summed E-state index contributed by atoms with van der Waals surface area (Å²) in [6.45, 7) is 0.930. The van der Waals surface area contributed by atoms with E-state index in [2.05, 4.69) is 34.9 Å². The number of oxazole rings is 1. The van der Waals surface area contributed by atoms with Crippen LogP contribution in [0.5, 0.6) is 0 Å². The molecule has 0 fully saturated rings. The highest BCUT2D eigenvalue weighted by molar-refractivity contribution is 7.90. The van der Waals surface area contributed by atoms with Gasteiger partial charge in [0.1, 0.15) is 39.1 Å². The van der Waals surface area contributed by atoms with Crippen LogP contribution >= 0.6 is 0 Å². The maximum Gasteiger partial charge on any atom is 0.281 e. The van der Waals surface area contributed by atoms with E-state index in [4.69, 9.17) is 4.42 Å². The van der Waals surface area contributed by atoms with Gasteiger partial charge in [-0.15, -0.1) is 0 Å². The molecule has 7 heterocycles. The molecule has 0 bridgehead atoms. The van der Waals surface area contributed by atoms with Crippen LogP contribution in [0.1, 0.15) is 47.3 Å². The van der Waals surface area contributed by atoms with Crippen molar-refractivity contribution in [3.63, 3.8) is 0 Å². The first-order chi connectivity index (χ1) is 24.1. The summed E-state index contributed by atoms with van der Waals surface area (Å²) in [7, 11) is -3.11. The molecule has 258 valence electrons. The lowest BCUT2D eigenvalue weighted by molar-refractivity contribution is -0.118. The van der Waals surface area contributed by atoms with Crippen molar-refractivity contribution < 1.29 is 22.4 Å². The summed E-state index contributed by atoms with van der Waals surface area (Å²) in [4.78, 5) is 79.7.